The molecule has 0 saturated heterocycles. The third-order valence-corrected chi connectivity index (χ3v) is 5.68. The van der Waals surface area contributed by atoms with Gasteiger partial charge in [-0.2, -0.15) is 0 Å². The largest absolute Gasteiger partial charge is 0.486 e. The number of benzene rings is 3. The predicted octanol–water partition coefficient (Wildman–Crippen LogP) is 7.89. The zero-order valence-corrected chi connectivity index (χ0v) is 23.4. The van der Waals surface area contributed by atoms with Crippen molar-refractivity contribution in [2.24, 2.45) is 0 Å². The Morgan fingerprint density at radius 1 is 0.600 bits per heavy atom. The standard InChI is InChI=1S/C34H34O6/c1-7-9-19-37-29-17-15-27(21-31(29)38-20-10-8-2)25-11-13-26(14-12-25)28-16-18-30(39-33(35)23(3)4)32(22-28)40-34(36)24(5)6/h7-18,21-22H,3,5,19-20H2,1-2,4,6H3/b9-7+,10-8+. The monoisotopic (exact) mass is 538 g/mol. The second-order valence-corrected chi connectivity index (χ2v) is 9.00. The molecule has 0 atom stereocenters. The van der Waals surface area contributed by atoms with Crippen LogP contribution in [-0.4, -0.2) is 25.2 Å². The first kappa shape index (κ1) is 29.7. The molecule has 6 nitrogen and oxygen atoms in total. The summed E-state index contributed by atoms with van der Waals surface area (Å²) in [6.07, 6.45) is 7.74. The van der Waals surface area contributed by atoms with E-state index in [1.165, 1.54) is 0 Å². The lowest BCUT2D eigenvalue weighted by atomic mass is 9.99. The van der Waals surface area contributed by atoms with Crippen LogP contribution in [0.4, 0.5) is 0 Å². The number of hydrogen-bond donors (Lipinski definition) is 0. The molecule has 3 rings (SSSR count). The summed E-state index contributed by atoms with van der Waals surface area (Å²) < 4.78 is 22.6. The van der Waals surface area contributed by atoms with Crippen molar-refractivity contribution in [2.45, 2.75) is 27.7 Å². The van der Waals surface area contributed by atoms with Crippen molar-refractivity contribution in [3.8, 4) is 45.3 Å². The molecule has 0 radical (unpaired) electrons. The Balaban J connectivity index is 1.91. The van der Waals surface area contributed by atoms with Crippen LogP contribution in [0.1, 0.15) is 27.7 Å². The summed E-state index contributed by atoms with van der Waals surface area (Å²) in [5, 5.41) is 0. The smallest absolute Gasteiger partial charge is 0.338 e. The number of ether oxygens (including phenoxy) is 4. The molecule has 0 N–H and O–H groups in total. The van der Waals surface area contributed by atoms with Gasteiger partial charge in [0.05, 0.1) is 0 Å². The van der Waals surface area contributed by atoms with Gasteiger partial charge in [0.15, 0.2) is 23.0 Å². The molecule has 0 saturated carbocycles. The first-order chi connectivity index (χ1) is 19.2. The molecule has 0 aliphatic heterocycles. The highest BCUT2D eigenvalue weighted by atomic mass is 16.6. The van der Waals surface area contributed by atoms with Crippen molar-refractivity contribution in [3.05, 3.63) is 109 Å². The van der Waals surface area contributed by atoms with E-state index in [0.717, 1.165) is 22.3 Å². The molecule has 40 heavy (non-hydrogen) atoms. The topological polar surface area (TPSA) is 71.1 Å². The molecule has 0 aromatic heterocycles. The van der Waals surface area contributed by atoms with Crippen LogP contribution in [0, 0.1) is 0 Å². The zero-order valence-electron chi connectivity index (χ0n) is 23.4. The van der Waals surface area contributed by atoms with Gasteiger partial charge < -0.3 is 18.9 Å². The quantitative estimate of drug-likeness (QED) is 0.101. The van der Waals surface area contributed by atoms with Gasteiger partial charge in [0.2, 0.25) is 0 Å². The van der Waals surface area contributed by atoms with Crippen LogP contribution in [0.3, 0.4) is 0 Å². The summed E-state index contributed by atoms with van der Waals surface area (Å²) in [4.78, 5) is 24.3. The molecular weight excluding hydrogens is 504 g/mol. The van der Waals surface area contributed by atoms with E-state index in [4.69, 9.17) is 18.9 Å². The first-order valence-electron chi connectivity index (χ1n) is 12.9. The Morgan fingerprint density at radius 3 is 1.48 bits per heavy atom. The molecule has 0 unspecified atom stereocenters. The van der Waals surface area contributed by atoms with Gasteiger partial charge in [0.25, 0.3) is 0 Å². The van der Waals surface area contributed by atoms with Crippen LogP contribution in [0.2, 0.25) is 0 Å². The van der Waals surface area contributed by atoms with E-state index < -0.39 is 11.9 Å². The van der Waals surface area contributed by atoms with E-state index in [2.05, 4.69) is 13.2 Å². The van der Waals surface area contributed by atoms with E-state index in [9.17, 15) is 9.59 Å². The average Bonchev–Trinajstić information content (AvgIpc) is 2.94. The first-order valence-corrected chi connectivity index (χ1v) is 12.9. The highest BCUT2D eigenvalue weighted by Gasteiger charge is 2.16. The van der Waals surface area contributed by atoms with E-state index in [1.54, 1.807) is 32.0 Å². The van der Waals surface area contributed by atoms with Crippen LogP contribution in [0.25, 0.3) is 22.3 Å². The minimum atomic E-state index is -0.620. The van der Waals surface area contributed by atoms with Gasteiger partial charge in [-0.15, -0.1) is 0 Å². The Labute approximate surface area is 235 Å². The fraction of sp³-hybridized carbons (Fsp3) is 0.176. The van der Waals surface area contributed by atoms with Gasteiger partial charge in [0, 0.05) is 11.1 Å². The predicted molar refractivity (Wildman–Crippen MR) is 159 cm³/mol. The lowest BCUT2D eigenvalue weighted by Gasteiger charge is -2.14. The summed E-state index contributed by atoms with van der Waals surface area (Å²) in [6.45, 7) is 15.1. The van der Waals surface area contributed by atoms with Crippen LogP contribution in [0.5, 0.6) is 23.0 Å². The zero-order chi connectivity index (χ0) is 29.1. The van der Waals surface area contributed by atoms with Crippen molar-refractivity contribution >= 4 is 11.9 Å². The number of carbonyl (C=O) groups excluding carboxylic acids is 2. The van der Waals surface area contributed by atoms with E-state index >= 15 is 0 Å². The molecule has 0 fully saturated rings. The lowest BCUT2D eigenvalue weighted by molar-refractivity contribution is -0.132. The number of esters is 2. The molecular formula is C34H34O6. The average molecular weight is 539 g/mol. The number of allylic oxidation sites excluding steroid dienone is 2. The lowest BCUT2D eigenvalue weighted by Crippen LogP contribution is -2.12. The molecule has 0 spiro atoms. The maximum Gasteiger partial charge on any atom is 0.338 e. The van der Waals surface area contributed by atoms with Crippen LogP contribution < -0.4 is 18.9 Å². The molecule has 0 aliphatic carbocycles. The van der Waals surface area contributed by atoms with Crippen molar-refractivity contribution < 1.29 is 28.5 Å². The van der Waals surface area contributed by atoms with Crippen molar-refractivity contribution in [3.63, 3.8) is 0 Å². The number of hydrogen-bond acceptors (Lipinski definition) is 6. The van der Waals surface area contributed by atoms with Gasteiger partial charge in [-0.25, -0.2) is 9.59 Å². The Kier molecular flexibility index (Phi) is 10.7. The summed E-state index contributed by atoms with van der Waals surface area (Å²) >= 11 is 0. The number of rotatable bonds is 12. The molecule has 3 aromatic rings. The fourth-order valence-electron chi connectivity index (χ4n) is 3.47. The third kappa shape index (κ3) is 8.08. The van der Waals surface area contributed by atoms with Crippen molar-refractivity contribution in [2.75, 3.05) is 13.2 Å². The molecule has 0 bridgehead atoms. The van der Waals surface area contributed by atoms with Crippen LogP contribution >= 0.6 is 0 Å². The van der Waals surface area contributed by atoms with Gasteiger partial charge in [0.1, 0.15) is 13.2 Å². The van der Waals surface area contributed by atoms with Gasteiger partial charge in [-0.1, -0.05) is 73.9 Å². The minimum Gasteiger partial charge on any atom is -0.486 e. The molecule has 6 heteroatoms. The number of carbonyl (C=O) groups is 2. The normalized spacial score (nSPS) is 10.9. The Hall–Kier alpha value is -4.84. The second kappa shape index (κ2) is 14.4. The SMILES string of the molecule is C=C(C)C(=O)Oc1ccc(-c2ccc(-c3ccc(OC/C=C/C)c(OC/C=C/C)c3)cc2)cc1OC(=O)C(=C)C. The Bertz CT molecular complexity index is 1440. The molecule has 0 amide bonds. The van der Waals surface area contributed by atoms with E-state index in [0.29, 0.717) is 24.7 Å². The molecule has 0 aliphatic rings. The maximum absolute atomic E-state index is 12.2. The molecule has 0 heterocycles. The summed E-state index contributed by atoms with van der Waals surface area (Å²) in [5.41, 5.74) is 4.06. The summed E-state index contributed by atoms with van der Waals surface area (Å²) in [7, 11) is 0. The van der Waals surface area contributed by atoms with Crippen molar-refractivity contribution in [1.29, 1.82) is 0 Å². The van der Waals surface area contributed by atoms with Crippen molar-refractivity contribution in [1.82, 2.24) is 0 Å². The second-order valence-electron chi connectivity index (χ2n) is 9.00. The minimum absolute atomic E-state index is 0.112. The van der Waals surface area contributed by atoms with E-state index in [1.807, 2.05) is 80.6 Å². The highest BCUT2D eigenvalue weighted by molar-refractivity contribution is 5.91. The van der Waals surface area contributed by atoms with Gasteiger partial charge in [-0.05, 0) is 74.2 Å². The van der Waals surface area contributed by atoms with Crippen LogP contribution in [0.15, 0.2) is 109 Å². The summed E-state index contributed by atoms with van der Waals surface area (Å²) in [5.74, 6) is 0.328. The fourth-order valence-corrected chi connectivity index (χ4v) is 3.47. The molecule has 3 aromatic carbocycles. The summed E-state index contributed by atoms with van der Waals surface area (Å²) in [6, 6.07) is 18.8. The van der Waals surface area contributed by atoms with E-state index in [-0.39, 0.29) is 22.6 Å². The van der Waals surface area contributed by atoms with Crippen LogP contribution in [-0.2, 0) is 9.59 Å². The van der Waals surface area contributed by atoms with Gasteiger partial charge >= 0.3 is 11.9 Å². The highest BCUT2D eigenvalue weighted by Crippen LogP contribution is 2.36. The van der Waals surface area contributed by atoms with Gasteiger partial charge in [-0.3, -0.25) is 0 Å². The maximum atomic E-state index is 12.2. The molecule has 206 valence electrons. The Morgan fingerprint density at radius 2 is 1.00 bits per heavy atom. The third-order valence-electron chi connectivity index (χ3n) is 5.68.